The van der Waals surface area contributed by atoms with Crippen LogP contribution in [0.4, 0.5) is 0 Å². The molecule has 0 unspecified atom stereocenters. The van der Waals surface area contributed by atoms with E-state index in [4.69, 9.17) is 9.84 Å². The molecule has 72 valence electrons. The predicted molar refractivity (Wildman–Crippen MR) is 46.8 cm³/mol. The fraction of sp³-hybridized carbons (Fsp3) is 0.500. The molecule has 0 radical (unpaired) electrons. The molecule has 1 rings (SSSR count). The van der Waals surface area contributed by atoms with Gasteiger partial charge in [-0.3, -0.25) is 4.79 Å². The van der Waals surface area contributed by atoms with Crippen LogP contribution in [0.25, 0.3) is 0 Å². The Morgan fingerprint density at radius 2 is 2.46 bits per heavy atom. The first-order valence-electron chi connectivity index (χ1n) is 4.10. The Kier molecular flexibility index (Phi) is 3.45. The summed E-state index contributed by atoms with van der Waals surface area (Å²) in [5, 5.41) is 8.48. The van der Waals surface area contributed by atoms with E-state index in [9.17, 15) is 4.79 Å². The molecular formula is C8H12N2O3. The van der Waals surface area contributed by atoms with E-state index in [-0.39, 0.29) is 24.7 Å². The summed E-state index contributed by atoms with van der Waals surface area (Å²) in [5.41, 5.74) is -0.236. The van der Waals surface area contributed by atoms with Gasteiger partial charge < -0.3 is 14.8 Å². The lowest BCUT2D eigenvalue weighted by molar-refractivity contribution is 0.196. The largest absolute Gasteiger partial charge is 0.475 e. The molecule has 5 heteroatoms. The first-order chi connectivity index (χ1) is 6.26. The molecule has 1 heterocycles. The summed E-state index contributed by atoms with van der Waals surface area (Å²) in [4.78, 5) is 17.6. The Labute approximate surface area is 75.4 Å². The molecular weight excluding hydrogens is 172 g/mol. The van der Waals surface area contributed by atoms with Crippen LogP contribution in [0.1, 0.15) is 12.7 Å². The van der Waals surface area contributed by atoms with Gasteiger partial charge in [0.15, 0.2) is 0 Å². The number of rotatable bonds is 4. The van der Waals surface area contributed by atoms with Crippen LogP contribution in [-0.2, 0) is 6.42 Å². The zero-order valence-electron chi connectivity index (χ0n) is 7.41. The maximum absolute atomic E-state index is 11.0. The van der Waals surface area contributed by atoms with Crippen molar-refractivity contribution in [2.24, 2.45) is 0 Å². The highest BCUT2D eigenvalue weighted by Gasteiger charge is 1.99. The third-order valence-electron chi connectivity index (χ3n) is 1.44. The highest BCUT2D eigenvalue weighted by atomic mass is 16.5. The fourth-order valence-electron chi connectivity index (χ4n) is 0.875. The predicted octanol–water partition coefficient (Wildman–Crippen LogP) is -0.297. The van der Waals surface area contributed by atoms with Crippen LogP contribution < -0.4 is 10.3 Å². The van der Waals surface area contributed by atoms with Crippen LogP contribution in [0.5, 0.6) is 5.88 Å². The quantitative estimate of drug-likeness (QED) is 0.673. The average molecular weight is 184 g/mol. The number of aliphatic hydroxyl groups is 1. The molecule has 0 saturated heterocycles. The maximum atomic E-state index is 11.0. The third kappa shape index (κ3) is 2.87. The van der Waals surface area contributed by atoms with Crippen molar-refractivity contribution in [3.8, 4) is 5.88 Å². The van der Waals surface area contributed by atoms with Gasteiger partial charge in [-0.15, -0.1) is 0 Å². The average Bonchev–Trinajstić information content (AvgIpc) is 2.14. The van der Waals surface area contributed by atoms with E-state index in [0.717, 1.165) is 0 Å². The molecule has 0 aromatic carbocycles. The minimum absolute atomic E-state index is 0.0874. The number of nitrogens with zero attached hydrogens (tertiary/aromatic N) is 1. The van der Waals surface area contributed by atoms with E-state index < -0.39 is 0 Å². The van der Waals surface area contributed by atoms with Crippen LogP contribution in [0.15, 0.2) is 10.9 Å². The van der Waals surface area contributed by atoms with E-state index >= 15 is 0 Å². The van der Waals surface area contributed by atoms with Gasteiger partial charge in [0.05, 0.1) is 12.7 Å². The number of H-pyrrole nitrogens is 1. The van der Waals surface area contributed by atoms with Crippen LogP contribution in [0.3, 0.4) is 0 Å². The van der Waals surface area contributed by atoms with E-state index in [1.807, 2.05) is 6.92 Å². The van der Waals surface area contributed by atoms with Gasteiger partial charge in [-0.25, -0.2) is 4.98 Å². The Morgan fingerprint density at radius 1 is 1.69 bits per heavy atom. The zero-order valence-corrected chi connectivity index (χ0v) is 7.41. The molecule has 0 saturated carbocycles. The summed E-state index contributed by atoms with van der Waals surface area (Å²) in [6.07, 6.45) is 0.644. The van der Waals surface area contributed by atoms with Gasteiger partial charge in [0.1, 0.15) is 12.4 Å². The molecule has 5 nitrogen and oxygen atoms in total. The van der Waals surface area contributed by atoms with Crippen LogP contribution >= 0.6 is 0 Å². The van der Waals surface area contributed by atoms with Crippen LogP contribution in [0.2, 0.25) is 0 Å². The van der Waals surface area contributed by atoms with Crippen LogP contribution in [-0.4, -0.2) is 28.3 Å². The first-order valence-corrected chi connectivity index (χ1v) is 4.10. The smallest absolute Gasteiger partial charge is 0.254 e. The van der Waals surface area contributed by atoms with E-state index in [2.05, 4.69) is 9.97 Å². The zero-order chi connectivity index (χ0) is 9.68. The number of aromatic nitrogens is 2. The lowest BCUT2D eigenvalue weighted by atomic mass is 10.4. The minimum atomic E-state index is -0.236. The SMILES string of the molecule is CCc1nc(OCCO)cc(=O)[nH]1. The van der Waals surface area contributed by atoms with Gasteiger partial charge in [0, 0.05) is 6.42 Å². The van der Waals surface area contributed by atoms with Gasteiger partial charge in [0.2, 0.25) is 5.88 Å². The van der Waals surface area contributed by atoms with E-state index in [1.54, 1.807) is 0 Å². The number of hydrogen-bond acceptors (Lipinski definition) is 4. The second kappa shape index (κ2) is 4.61. The summed E-state index contributed by atoms with van der Waals surface area (Å²) in [7, 11) is 0. The molecule has 1 aromatic rings. The summed E-state index contributed by atoms with van der Waals surface area (Å²) in [6.45, 7) is 1.95. The molecule has 1 aromatic heterocycles. The van der Waals surface area contributed by atoms with Crippen molar-refractivity contribution in [2.75, 3.05) is 13.2 Å². The summed E-state index contributed by atoms with van der Waals surface area (Å²) in [6, 6.07) is 1.26. The van der Waals surface area contributed by atoms with Crippen molar-refractivity contribution in [2.45, 2.75) is 13.3 Å². The summed E-state index contributed by atoms with van der Waals surface area (Å²) in [5.74, 6) is 0.843. The number of nitrogens with one attached hydrogen (secondary N) is 1. The second-order valence-corrected chi connectivity index (χ2v) is 2.46. The maximum Gasteiger partial charge on any atom is 0.254 e. The van der Waals surface area contributed by atoms with Crippen molar-refractivity contribution in [3.63, 3.8) is 0 Å². The number of aromatic amines is 1. The second-order valence-electron chi connectivity index (χ2n) is 2.46. The van der Waals surface area contributed by atoms with Crippen molar-refractivity contribution in [1.29, 1.82) is 0 Å². The molecule has 0 atom stereocenters. The summed E-state index contributed by atoms with van der Waals surface area (Å²) < 4.78 is 5.00. The van der Waals surface area contributed by atoms with Crippen molar-refractivity contribution in [3.05, 3.63) is 22.2 Å². The molecule has 2 N–H and O–H groups in total. The number of aryl methyl sites for hydroxylation is 1. The lowest BCUT2D eigenvalue weighted by Crippen LogP contribution is -2.12. The Balaban J connectivity index is 2.82. The Hall–Kier alpha value is -1.36. The van der Waals surface area contributed by atoms with Crippen molar-refractivity contribution >= 4 is 0 Å². The van der Waals surface area contributed by atoms with Gasteiger partial charge in [-0.2, -0.15) is 0 Å². The number of hydrogen-bond donors (Lipinski definition) is 2. The Bertz CT molecular complexity index is 321. The molecule has 0 fully saturated rings. The van der Waals surface area contributed by atoms with Crippen molar-refractivity contribution < 1.29 is 9.84 Å². The van der Waals surface area contributed by atoms with Gasteiger partial charge >= 0.3 is 0 Å². The monoisotopic (exact) mass is 184 g/mol. The number of ether oxygens (including phenoxy) is 1. The third-order valence-corrected chi connectivity index (χ3v) is 1.44. The normalized spacial score (nSPS) is 10.0. The molecule has 13 heavy (non-hydrogen) atoms. The Morgan fingerprint density at radius 3 is 3.08 bits per heavy atom. The van der Waals surface area contributed by atoms with Gasteiger partial charge in [-0.1, -0.05) is 6.92 Å². The summed E-state index contributed by atoms with van der Waals surface area (Å²) >= 11 is 0. The molecule has 0 bridgehead atoms. The molecule has 0 amide bonds. The van der Waals surface area contributed by atoms with Crippen LogP contribution in [0, 0.1) is 0 Å². The van der Waals surface area contributed by atoms with E-state index in [1.165, 1.54) is 6.07 Å². The molecule has 0 aliphatic carbocycles. The number of aliphatic hydroxyl groups excluding tert-OH is 1. The highest BCUT2D eigenvalue weighted by molar-refractivity contribution is 5.08. The minimum Gasteiger partial charge on any atom is -0.475 e. The highest BCUT2D eigenvalue weighted by Crippen LogP contribution is 2.01. The van der Waals surface area contributed by atoms with Gasteiger partial charge in [0.25, 0.3) is 5.56 Å². The first kappa shape index (κ1) is 9.73. The molecule has 0 spiro atoms. The fourth-order valence-corrected chi connectivity index (χ4v) is 0.875. The standard InChI is InChI=1S/C8H12N2O3/c1-2-6-9-7(12)5-8(10-6)13-4-3-11/h5,11H,2-4H2,1H3,(H,9,10,12). The lowest BCUT2D eigenvalue weighted by Gasteiger charge is -2.03. The topological polar surface area (TPSA) is 75.2 Å². The van der Waals surface area contributed by atoms with Gasteiger partial charge in [-0.05, 0) is 0 Å². The van der Waals surface area contributed by atoms with Crippen molar-refractivity contribution in [1.82, 2.24) is 9.97 Å². The molecule has 0 aliphatic rings. The van der Waals surface area contributed by atoms with E-state index in [0.29, 0.717) is 12.2 Å². The molecule has 0 aliphatic heterocycles.